The van der Waals surface area contributed by atoms with E-state index < -0.39 is 0 Å². The van der Waals surface area contributed by atoms with Crippen molar-refractivity contribution in [3.05, 3.63) is 42.1 Å². The first kappa shape index (κ1) is 16.1. The van der Waals surface area contributed by atoms with E-state index in [-0.39, 0.29) is 0 Å². The predicted octanol–water partition coefficient (Wildman–Crippen LogP) is 3.50. The Morgan fingerprint density at radius 3 is 2.64 bits per heavy atom. The third-order valence-corrected chi connectivity index (χ3v) is 5.01. The van der Waals surface area contributed by atoms with Gasteiger partial charge in [0.15, 0.2) is 5.82 Å². The maximum Gasteiger partial charge on any atom is 0.156 e. The fraction of sp³-hybridized carbons (Fsp3) is 0.400. The summed E-state index contributed by atoms with van der Waals surface area (Å²) in [7, 11) is 2.17. The monoisotopic (exact) mass is 335 g/mol. The zero-order valence-electron chi connectivity index (χ0n) is 15.2. The third kappa shape index (κ3) is 3.12. The topological polar surface area (TPSA) is 48.1 Å². The molecular weight excluding hydrogens is 310 g/mol. The summed E-state index contributed by atoms with van der Waals surface area (Å²) in [6.45, 7) is 8.54. The molecule has 0 bridgehead atoms. The highest BCUT2D eigenvalue weighted by molar-refractivity contribution is 5.88. The lowest BCUT2D eigenvalue weighted by molar-refractivity contribution is 0.312. The van der Waals surface area contributed by atoms with Gasteiger partial charge in [-0.05, 0) is 30.7 Å². The van der Waals surface area contributed by atoms with Crippen molar-refractivity contribution in [1.29, 1.82) is 0 Å². The Labute approximate surface area is 148 Å². The molecule has 5 nitrogen and oxygen atoms in total. The number of nitrogens with zero attached hydrogens (tertiary/aromatic N) is 4. The van der Waals surface area contributed by atoms with Gasteiger partial charge in [0.05, 0.1) is 5.52 Å². The van der Waals surface area contributed by atoms with Crippen molar-refractivity contribution < 1.29 is 0 Å². The van der Waals surface area contributed by atoms with E-state index in [1.54, 1.807) is 0 Å². The largest absolute Gasteiger partial charge is 0.352 e. The average molecular weight is 335 g/mol. The molecule has 1 aromatic carbocycles. The molecule has 3 heterocycles. The van der Waals surface area contributed by atoms with E-state index >= 15 is 0 Å². The van der Waals surface area contributed by atoms with E-state index in [4.69, 9.17) is 4.98 Å². The first-order valence-electron chi connectivity index (χ1n) is 9.00. The van der Waals surface area contributed by atoms with Crippen molar-refractivity contribution in [2.75, 3.05) is 38.1 Å². The lowest BCUT2D eigenvalue weighted by Crippen LogP contribution is -2.44. The van der Waals surface area contributed by atoms with Crippen LogP contribution in [0.3, 0.4) is 0 Å². The standard InChI is InChI=1S/C20H25N5/c1-14(2)15-5-4-6-16(13-15)19-22-17-7-8-21-20(18(17)23-19)25-11-9-24(3)10-12-25/h4-8,13-14H,9-12H2,1-3H3,(H,22,23). The molecule has 0 aliphatic carbocycles. The molecule has 4 rings (SSSR count). The number of piperazine rings is 1. The zero-order valence-corrected chi connectivity index (χ0v) is 15.2. The van der Waals surface area contributed by atoms with Crippen molar-refractivity contribution >= 4 is 16.9 Å². The molecule has 1 aliphatic rings. The molecular formula is C20H25N5. The molecule has 2 aromatic heterocycles. The molecule has 130 valence electrons. The van der Waals surface area contributed by atoms with Gasteiger partial charge < -0.3 is 14.8 Å². The van der Waals surface area contributed by atoms with Crippen molar-refractivity contribution in [3.63, 3.8) is 0 Å². The molecule has 0 unspecified atom stereocenters. The number of aromatic amines is 1. The van der Waals surface area contributed by atoms with Crippen LogP contribution in [0.25, 0.3) is 22.4 Å². The minimum absolute atomic E-state index is 0.506. The number of rotatable bonds is 3. The third-order valence-electron chi connectivity index (χ3n) is 5.01. The Kier molecular flexibility index (Phi) is 4.17. The fourth-order valence-corrected chi connectivity index (χ4v) is 3.35. The Hall–Kier alpha value is -2.40. The first-order chi connectivity index (χ1) is 12.1. The van der Waals surface area contributed by atoms with Crippen LogP contribution in [0.4, 0.5) is 5.82 Å². The van der Waals surface area contributed by atoms with Gasteiger partial charge >= 0.3 is 0 Å². The summed E-state index contributed by atoms with van der Waals surface area (Å²) in [6, 6.07) is 10.6. The van der Waals surface area contributed by atoms with Gasteiger partial charge in [0, 0.05) is 37.9 Å². The highest BCUT2D eigenvalue weighted by Gasteiger charge is 2.19. The Balaban J connectivity index is 1.73. The van der Waals surface area contributed by atoms with Gasteiger partial charge in [-0.15, -0.1) is 0 Å². The van der Waals surface area contributed by atoms with E-state index in [1.165, 1.54) is 5.56 Å². The minimum Gasteiger partial charge on any atom is -0.352 e. The molecule has 0 amide bonds. The fourth-order valence-electron chi connectivity index (χ4n) is 3.35. The summed E-state index contributed by atoms with van der Waals surface area (Å²) in [4.78, 5) is 17.7. The van der Waals surface area contributed by atoms with E-state index in [0.29, 0.717) is 5.92 Å². The average Bonchev–Trinajstić information content (AvgIpc) is 3.07. The maximum atomic E-state index is 4.90. The number of imidazole rings is 1. The lowest BCUT2D eigenvalue weighted by Gasteiger charge is -2.33. The molecule has 1 N–H and O–H groups in total. The Bertz CT molecular complexity index is 875. The predicted molar refractivity (Wildman–Crippen MR) is 103 cm³/mol. The van der Waals surface area contributed by atoms with Crippen LogP contribution in [0, 0.1) is 0 Å². The molecule has 1 saturated heterocycles. The number of hydrogen-bond acceptors (Lipinski definition) is 4. The van der Waals surface area contributed by atoms with Gasteiger partial charge in [0.1, 0.15) is 11.3 Å². The SMILES string of the molecule is CC(C)c1cccc(-c2nc3c(N4CCN(C)CC4)nccc3[nH]2)c1. The normalized spacial score (nSPS) is 16.1. The van der Waals surface area contributed by atoms with Crippen molar-refractivity contribution in [1.82, 2.24) is 19.9 Å². The molecule has 0 radical (unpaired) electrons. The summed E-state index contributed by atoms with van der Waals surface area (Å²) in [5.41, 5.74) is 4.48. The first-order valence-corrected chi connectivity index (χ1v) is 9.00. The van der Waals surface area contributed by atoms with Gasteiger partial charge in [-0.2, -0.15) is 0 Å². The van der Waals surface area contributed by atoms with Crippen LogP contribution in [0.1, 0.15) is 25.3 Å². The number of pyridine rings is 1. The van der Waals surface area contributed by atoms with Crippen LogP contribution >= 0.6 is 0 Å². The van der Waals surface area contributed by atoms with E-state index in [2.05, 4.69) is 64.9 Å². The van der Waals surface area contributed by atoms with Crippen molar-refractivity contribution in [2.24, 2.45) is 0 Å². The number of anilines is 1. The molecule has 5 heteroatoms. The Morgan fingerprint density at radius 2 is 1.88 bits per heavy atom. The second-order valence-corrected chi connectivity index (χ2v) is 7.19. The van der Waals surface area contributed by atoms with Gasteiger partial charge in [0.2, 0.25) is 0 Å². The lowest BCUT2D eigenvalue weighted by atomic mass is 10.0. The highest BCUT2D eigenvalue weighted by atomic mass is 15.3. The van der Waals surface area contributed by atoms with E-state index in [9.17, 15) is 0 Å². The van der Waals surface area contributed by atoms with E-state index in [1.807, 2.05) is 12.3 Å². The van der Waals surface area contributed by atoms with Crippen LogP contribution in [-0.4, -0.2) is 53.1 Å². The second-order valence-electron chi connectivity index (χ2n) is 7.19. The number of H-pyrrole nitrogens is 1. The second kappa shape index (κ2) is 6.48. The van der Waals surface area contributed by atoms with E-state index in [0.717, 1.165) is 54.4 Å². The number of likely N-dealkylation sites (N-methyl/N-ethyl adjacent to an activating group) is 1. The zero-order chi connectivity index (χ0) is 17.4. The molecule has 1 fully saturated rings. The quantitative estimate of drug-likeness (QED) is 0.796. The van der Waals surface area contributed by atoms with Crippen LogP contribution in [-0.2, 0) is 0 Å². The number of fused-ring (bicyclic) bond motifs is 1. The van der Waals surface area contributed by atoms with Crippen LogP contribution < -0.4 is 4.90 Å². The maximum absolute atomic E-state index is 4.90. The smallest absolute Gasteiger partial charge is 0.156 e. The van der Waals surface area contributed by atoms with Gasteiger partial charge in [-0.25, -0.2) is 9.97 Å². The highest BCUT2D eigenvalue weighted by Crippen LogP contribution is 2.28. The molecule has 1 aliphatic heterocycles. The summed E-state index contributed by atoms with van der Waals surface area (Å²) in [5, 5.41) is 0. The molecule has 0 saturated carbocycles. The number of aromatic nitrogens is 3. The number of benzene rings is 1. The summed E-state index contributed by atoms with van der Waals surface area (Å²) in [5.74, 6) is 2.42. The van der Waals surface area contributed by atoms with Gasteiger partial charge in [-0.1, -0.05) is 32.0 Å². The number of nitrogens with one attached hydrogen (secondary N) is 1. The molecule has 25 heavy (non-hydrogen) atoms. The van der Waals surface area contributed by atoms with Gasteiger partial charge in [-0.3, -0.25) is 0 Å². The summed E-state index contributed by atoms with van der Waals surface area (Å²) < 4.78 is 0. The van der Waals surface area contributed by atoms with Crippen LogP contribution in [0.2, 0.25) is 0 Å². The minimum atomic E-state index is 0.506. The summed E-state index contributed by atoms with van der Waals surface area (Å²) >= 11 is 0. The van der Waals surface area contributed by atoms with Crippen molar-refractivity contribution in [3.8, 4) is 11.4 Å². The van der Waals surface area contributed by atoms with Crippen LogP contribution in [0.15, 0.2) is 36.5 Å². The van der Waals surface area contributed by atoms with Gasteiger partial charge in [0.25, 0.3) is 0 Å². The Morgan fingerprint density at radius 1 is 1.08 bits per heavy atom. The van der Waals surface area contributed by atoms with Crippen LogP contribution in [0.5, 0.6) is 0 Å². The molecule has 0 atom stereocenters. The molecule has 0 spiro atoms. The van der Waals surface area contributed by atoms with Crippen molar-refractivity contribution in [2.45, 2.75) is 19.8 Å². The molecule has 3 aromatic rings. The summed E-state index contributed by atoms with van der Waals surface area (Å²) in [6.07, 6.45) is 1.88. The number of hydrogen-bond donors (Lipinski definition) is 1.